The topological polar surface area (TPSA) is 66.8 Å². The molecule has 0 spiro atoms. The molecule has 0 bridgehead atoms. The zero-order valence-electron chi connectivity index (χ0n) is 8.96. The number of methoxy groups -OCH3 is 1. The number of carbonyl (C=O) groups excluding carboxylic acids is 1. The maximum absolute atomic E-state index is 13.5. The number of aliphatic carboxylic acids is 1. The van der Waals surface area contributed by atoms with Crippen molar-refractivity contribution in [3.63, 3.8) is 0 Å². The van der Waals surface area contributed by atoms with Crippen LogP contribution in [-0.4, -0.2) is 36.2 Å². The monoisotopic (exact) mass is 239 g/mol. The third-order valence-electron chi connectivity index (χ3n) is 2.66. The lowest BCUT2D eigenvalue weighted by Crippen LogP contribution is -2.69. The maximum Gasteiger partial charge on any atom is 0.330 e. The number of carbonyl (C=O) groups is 2. The van der Waals surface area contributed by atoms with Crippen LogP contribution in [0.4, 0.5) is 10.1 Å². The SMILES string of the molecule is CO[C@@H]1C(=O)N(c2ccccc2F)[C@@H]1C(=O)O. The Bertz CT molecular complexity index is 476. The van der Waals surface area contributed by atoms with Gasteiger partial charge in [0.25, 0.3) is 5.91 Å². The number of hydrogen-bond acceptors (Lipinski definition) is 3. The van der Waals surface area contributed by atoms with Gasteiger partial charge in [-0.3, -0.25) is 9.69 Å². The molecule has 2 rings (SSSR count). The summed E-state index contributed by atoms with van der Waals surface area (Å²) in [7, 11) is 1.25. The molecule has 2 atom stereocenters. The minimum Gasteiger partial charge on any atom is -0.480 e. The highest BCUT2D eigenvalue weighted by molar-refractivity contribution is 6.12. The maximum atomic E-state index is 13.5. The van der Waals surface area contributed by atoms with E-state index in [1.165, 1.54) is 31.4 Å². The molecular weight excluding hydrogens is 229 g/mol. The van der Waals surface area contributed by atoms with Crippen LogP contribution >= 0.6 is 0 Å². The van der Waals surface area contributed by atoms with Crippen molar-refractivity contribution in [1.29, 1.82) is 0 Å². The van der Waals surface area contributed by atoms with Gasteiger partial charge in [0.05, 0.1) is 5.69 Å². The Labute approximate surface area is 96.4 Å². The Morgan fingerprint density at radius 2 is 2.12 bits per heavy atom. The lowest BCUT2D eigenvalue weighted by atomic mass is 9.96. The van der Waals surface area contributed by atoms with E-state index >= 15 is 0 Å². The van der Waals surface area contributed by atoms with Gasteiger partial charge in [-0.1, -0.05) is 12.1 Å². The van der Waals surface area contributed by atoms with Gasteiger partial charge >= 0.3 is 5.97 Å². The second-order valence-electron chi connectivity index (χ2n) is 3.60. The normalized spacial score (nSPS) is 23.4. The molecule has 1 fully saturated rings. The summed E-state index contributed by atoms with van der Waals surface area (Å²) in [6, 6.07) is 4.35. The predicted molar refractivity (Wildman–Crippen MR) is 56.1 cm³/mol. The van der Waals surface area contributed by atoms with Gasteiger partial charge in [-0.15, -0.1) is 0 Å². The van der Waals surface area contributed by atoms with E-state index in [1.807, 2.05) is 0 Å². The molecule has 0 radical (unpaired) electrons. The Hall–Kier alpha value is -1.95. The van der Waals surface area contributed by atoms with E-state index in [1.54, 1.807) is 0 Å². The van der Waals surface area contributed by atoms with Gasteiger partial charge in [0.15, 0.2) is 12.1 Å². The summed E-state index contributed by atoms with van der Waals surface area (Å²) in [6.45, 7) is 0. The molecular formula is C11H10FNO4. The van der Waals surface area contributed by atoms with E-state index < -0.39 is 29.8 Å². The third kappa shape index (κ3) is 1.66. The van der Waals surface area contributed by atoms with E-state index in [-0.39, 0.29) is 5.69 Å². The lowest BCUT2D eigenvalue weighted by molar-refractivity contribution is -0.156. The first kappa shape index (κ1) is 11.5. The summed E-state index contributed by atoms with van der Waals surface area (Å²) >= 11 is 0. The fourth-order valence-corrected chi connectivity index (χ4v) is 1.85. The van der Waals surface area contributed by atoms with E-state index in [2.05, 4.69) is 0 Å². The van der Waals surface area contributed by atoms with Crippen molar-refractivity contribution in [3.8, 4) is 0 Å². The first-order valence-electron chi connectivity index (χ1n) is 4.91. The van der Waals surface area contributed by atoms with Crippen molar-refractivity contribution in [2.45, 2.75) is 12.1 Å². The second kappa shape index (κ2) is 4.14. The molecule has 0 saturated carbocycles. The molecule has 0 aromatic heterocycles. The first-order chi connectivity index (χ1) is 8.07. The highest BCUT2D eigenvalue weighted by Gasteiger charge is 2.53. The second-order valence-corrected chi connectivity index (χ2v) is 3.60. The van der Waals surface area contributed by atoms with Crippen LogP contribution < -0.4 is 4.90 Å². The Morgan fingerprint density at radius 1 is 1.47 bits per heavy atom. The lowest BCUT2D eigenvalue weighted by Gasteiger charge is -2.43. The predicted octanol–water partition coefficient (Wildman–Crippen LogP) is 0.641. The zero-order valence-corrected chi connectivity index (χ0v) is 8.96. The van der Waals surface area contributed by atoms with Crippen molar-refractivity contribution >= 4 is 17.6 Å². The highest BCUT2D eigenvalue weighted by Crippen LogP contribution is 2.31. The molecule has 1 aromatic rings. The number of benzene rings is 1. The Morgan fingerprint density at radius 3 is 2.65 bits per heavy atom. The number of anilines is 1. The number of carboxylic acid groups (broad SMARTS) is 1. The van der Waals surface area contributed by atoms with Gasteiger partial charge in [0, 0.05) is 7.11 Å². The number of halogens is 1. The summed E-state index contributed by atoms with van der Waals surface area (Å²) in [6.07, 6.45) is -1.05. The molecule has 1 aromatic carbocycles. The van der Waals surface area contributed by atoms with Crippen LogP contribution in [0.25, 0.3) is 0 Å². The average molecular weight is 239 g/mol. The molecule has 1 aliphatic heterocycles. The molecule has 1 heterocycles. The number of nitrogens with zero attached hydrogens (tertiary/aromatic N) is 1. The summed E-state index contributed by atoms with van der Waals surface area (Å²) in [4.78, 5) is 23.5. The van der Waals surface area contributed by atoms with Crippen LogP contribution in [0.5, 0.6) is 0 Å². The Kier molecular flexibility index (Phi) is 2.81. The number of β-lactam (4-membered cyclic amide) rings is 1. The summed E-state index contributed by atoms with van der Waals surface area (Å²) in [5.74, 6) is -2.41. The summed E-state index contributed by atoms with van der Waals surface area (Å²) < 4.78 is 18.2. The Balaban J connectivity index is 2.36. The van der Waals surface area contributed by atoms with E-state index in [4.69, 9.17) is 9.84 Å². The van der Waals surface area contributed by atoms with Crippen LogP contribution in [-0.2, 0) is 14.3 Å². The number of amides is 1. The van der Waals surface area contributed by atoms with Crippen LogP contribution in [0, 0.1) is 5.82 Å². The van der Waals surface area contributed by atoms with E-state index in [0.717, 1.165) is 4.90 Å². The molecule has 1 amide bonds. The van der Waals surface area contributed by atoms with Crippen molar-refractivity contribution < 1.29 is 23.8 Å². The van der Waals surface area contributed by atoms with Crippen molar-refractivity contribution in [1.82, 2.24) is 0 Å². The van der Waals surface area contributed by atoms with Crippen molar-refractivity contribution in [2.75, 3.05) is 12.0 Å². The first-order valence-corrected chi connectivity index (χ1v) is 4.91. The molecule has 1 N–H and O–H groups in total. The van der Waals surface area contributed by atoms with Crippen molar-refractivity contribution in [2.24, 2.45) is 0 Å². The number of rotatable bonds is 3. The fraction of sp³-hybridized carbons (Fsp3) is 0.273. The number of ether oxygens (including phenoxy) is 1. The minimum absolute atomic E-state index is 0.0433. The zero-order chi connectivity index (χ0) is 12.6. The van der Waals surface area contributed by atoms with Gasteiger partial charge in [0.1, 0.15) is 5.82 Å². The van der Waals surface area contributed by atoms with Gasteiger partial charge < -0.3 is 9.84 Å². The van der Waals surface area contributed by atoms with E-state index in [9.17, 15) is 14.0 Å². The van der Waals surface area contributed by atoms with Gasteiger partial charge in [0.2, 0.25) is 0 Å². The van der Waals surface area contributed by atoms with Gasteiger partial charge in [-0.2, -0.15) is 0 Å². The largest absolute Gasteiger partial charge is 0.480 e. The van der Waals surface area contributed by atoms with Crippen LogP contribution in [0.3, 0.4) is 0 Å². The molecule has 0 unspecified atom stereocenters. The number of carboxylic acids is 1. The summed E-state index contributed by atoms with van der Waals surface area (Å²) in [5.41, 5.74) is -0.0433. The smallest absolute Gasteiger partial charge is 0.330 e. The summed E-state index contributed by atoms with van der Waals surface area (Å²) in [5, 5.41) is 8.98. The average Bonchev–Trinajstić information content (AvgIpc) is 2.28. The van der Waals surface area contributed by atoms with Crippen LogP contribution in [0.15, 0.2) is 24.3 Å². The van der Waals surface area contributed by atoms with E-state index in [0.29, 0.717) is 0 Å². The number of hydrogen-bond donors (Lipinski definition) is 1. The molecule has 1 saturated heterocycles. The number of para-hydroxylation sites is 1. The molecule has 6 heteroatoms. The fourth-order valence-electron chi connectivity index (χ4n) is 1.85. The standard InChI is InChI=1S/C11H10FNO4/c1-17-9-8(11(15)16)13(10(9)14)7-5-3-2-4-6(7)12/h2-5,8-9H,1H3,(H,15,16)/t8-,9-/m0/s1. The minimum atomic E-state index is -1.22. The molecule has 90 valence electrons. The molecule has 17 heavy (non-hydrogen) atoms. The van der Waals surface area contributed by atoms with Gasteiger partial charge in [-0.05, 0) is 12.1 Å². The third-order valence-corrected chi connectivity index (χ3v) is 2.66. The van der Waals surface area contributed by atoms with Gasteiger partial charge in [-0.25, -0.2) is 9.18 Å². The molecule has 1 aliphatic rings. The van der Waals surface area contributed by atoms with Crippen LogP contribution in [0.1, 0.15) is 0 Å². The quantitative estimate of drug-likeness (QED) is 0.786. The van der Waals surface area contributed by atoms with Crippen molar-refractivity contribution in [3.05, 3.63) is 30.1 Å². The highest BCUT2D eigenvalue weighted by atomic mass is 19.1. The van der Waals surface area contributed by atoms with Crippen LogP contribution in [0.2, 0.25) is 0 Å². The molecule has 0 aliphatic carbocycles. The molecule has 5 nitrogen and oxygen atoms in total.